The van der Waals surface area contributed by atoms with Gasteiger partial charge in [0.1, 0.15) is 0 Å². The van der Waals surface area contributed by atoms with Gasteiger partial charge in [0.05, 0.1) is 28.6 Å². The Morgan fingerprint density at radius 1 is 1.38 bits per heavy atom. The standard InChI is InChI=1S/C15H14BrClN2O2/c1-2-21-15(20)10-4-3-5-13(18)14(10)19-9-6-7-12(17)11(16)8-9/h3-8,19H,2,18H2,1H3. The first-order valence-corrected chi connectivity index (χ1v) is 7.47. The van der Waals surface area contributed by atoms with Gasteiger partial charge in [-0.1, -0.05) is 17.7 Å². The molecular weight excluding hydrogens is 356 g/mol. The van der Waals surface area contributed by atoms with Gasteiger partial charge in [0.25, 0.3) is 0 Å². The summed E-state index contributed by atoms with van der Waals surface area (Å²) in [5, 5.41) is 3.74. The number of nitrogens with one attached hydrogen (secondary N) is 1. The molecule has 0 saturated heterocycles. The van der Waals surface area contributed by atoms with Gasteiger partial charge < -0.3 is 15.8 Å². The van der Waals surface area contributed by atoms with Crippen molar-refractivity contribution in [3.63, 3.8) is 0 Å². The van der Waals surface area contributed by atoms with E-state index in [4.69, 9.17) is 22.1 Å². The number of rotatable bonds is 4. The van der Waals surface area contributed by atoms with E-state index in [2.05, 4.69) is 21.2 Å². The number of esters is 1. The van der Waals surface area contributed by atoms with Crippen molar-refractivity contribution in [1.82, 2.24) is 0 Å². The number of para-hydroxylation sites is 1. The second-order valence-electron chi connectivity index (χ2n) is 4.24. The van der Waals surface area contributed by atoms with Crippen LogP contribution in [-0.2, 0) is 4.74 Å². The number of ether oxygens (including phenoxy) is 1. The van der Waals surface area contributed by atoms with Crippen LogP contribution in [0.1, 0.15) is 17.3 Å². The zero-order valence-electron chi connectivity index (χ0n) is 11.3. The molecule has 0 radical (unpaired) electrons. The summed E-state index contributed by atoms with van der Waals surface area (Å²) in [4.78, 5) is 12.0. The molecule has 4 nitrogen and oxygen atoms in total. The van der Waals surface area contributed by atoms with Crippen LogP contribution >= 0.6 is 27.5 Å². The summed E-state index contributed by atoms with van der Waals surface area (Å²) in [7, 11) is 0. The Morgan fingerprint density at radius 2 is 2.14 bits per heavy atom. The number of carbonyl (C=O) groups is 1. The Bertz CT molecular complexity index is 677. The van der Waals surface area contributed by atoms with Gasteiger partial charge in [0.2, 0.25) is 0 Å². The van der Waals surface area contributed by atoms with E-state index in [1.54, 1.807) is 37.3 Å². The summed E-state index contributed by atoms with van der Waals surface area (Å²) in [6.07, 6.45) is 0. The van der Waals surface area contributed by atoms with Crippen molar-refractivity contribution >= 4 is 50.6 Å². The van der Waals surface area contributed by atoms with Gasteiger partial charge in [-0.25, -0.2) is 4.79 Å². The van der Waals surface area contributed by atoms with Crippen LogP contribution in [0.15, 0.2) is 40.9 Å². The van der Waals surface area contributed by atoms with E-state index in [1.165, 1.54) is 0 Å². The molecule has 0 bridgehead atoms. The highest BCUT2D eigenvalue weighted by atomic mass is 79.9. The molecular formula is C15H14BrClN2O2. The number of nitrogens with two attached hydrogens (primary N) is 1. The molecule has 3 N–H and O–H groups in total. The monoisotopic (exact) mass is 368 g/mol. The van der Waals surface area contributed by atoms with E-state index < -0.39 is 5.97 Å². The summed E-state index contributed by atoms with van der Waals surface area (Å²) in [6.45, 7) is 2.06. The Balaban J connectivity index is 2.38. The van der Waals surface area contributed by atoms with Crippen molar-refractivity contribution in [2.75, 3.05) is 17.7 Å². The summed E-state index contributed by atoms with van der Waals surface area (Å²) in [5.74, 6) is -0.416. The average molecular weight is 370 g/mol. The van der Waals surface area contributed by atoms with E-state index in [1.807, 2.05) is 6.07 Å². The molecule has 0 heterocycles. The van der Waals surface area contributed by atoms with Crippen molar-refractivity contribution in [2.24, 2.45) is 0 Å². The lowest BCUT2D eigenvalue weighted by molar-refractivity contribution is 0.0527. The predicted octanol–water partition coefficient (Wildman–Crippen LogP) is 4.61. The van der Waals surface area contributed by atoms with Crippen LogP contribution in [0.25, 0.3) is 0 Å². The van der Waals surface area contributed by atoms with Crippen LogP contribution in [0.2, 0.25) is 5.02 Å². The van der Waals surface area contributed by atoms with Gasteiger partial charge in [-0.05, 0) is 53.2 Å². The highest BCUT2D eigenvalue weighted by molar-refractivity contribution is 9.10. The smallest absolute Gasteiger partial charge is 0.340 e. The number of nitrogen functional groups attached to an aromatic ring is 1. The van der Waals surface area contributed by atoms with Crippen molar-refractivity contribution in [3.8, 4) is 0 Å². The van der Waals surface area contributed by atoms with Gasteiger partial charge in [-0.15, -0.1) is 0 Å². The number of benzene rings is 2. The second kappa shape index (κ2) is 6.83. The number of hydrogen-bond donors (Lipinski definition) is 2. The van der Waals surface area contributed by atoms with Crippen LogP contribution < -0.4 is 11.1 Å². The number of hydrogen-bond acceptors (Lipinski definition) is 4. The fraction of sp³-hybridized carbons (Fsp3) is 0.133. The zero-order valence-corrected chi connectivity index (χ0v) is 13.7. The summed E-state index contributed by atoms with van der Waals surface area (Å²) >= 11 is 9.32. The summed E-state index contributed by atoms with van der Waals surface area (Å²) in [5.41, 5.74) is 8.10. The third-order valence-electron chi connectivity index (χ3n) is 2.78. The first-order valence-electron chi connectivity index (χ1n) is 6.30. The van der Waals surface area contributed by atoms with Gasteiger partial charge in [-0.2, -0.15) is 0 Å². The molecule has 110 valence electrons. The van der Waals surface area contributed by atoms with Crippen molar-refractivity contribution in [2.45, 2.75) is 6.92 Å². The highest BCUT2D eigenvalue weighted by Gasteiger charge is 2.15. The van der Waals surface area contributed by atoms with Crippen LogP contribution in [0, 0.1) is 0 Å². The molecule has 21 heavy (non-hydrogen) atoms. The molecule has 2 aromatic carbocycles. The maximum atomic E-state index is 12.0. The van der Waals surface area contributed by atoms with Crippen molar-refractivity contribution in [3.05, 3.63) is 51.5 Å². The van der Waals surface area contributed by atoms with Crippen LogP contribution in [-0.4, -0.2) is 12.6 Å². The Labute approximate surface area is 136 Å². The molecule has 0 amide bonds. The number of anilines is 3. The lowest BCUT2D eigenvalue weighted by atomic mass is 10.1. The van der Waals surface area contributed by atoms with E-state index >= 15 is 0 Å². The summed E-state index contributed by atoms with van der Waals surface area (Å²) in [6, 6.07) is 10.5. The van der Waals surface area contributed by atoms with E-state index in [9.17, 15) is 4.79 Å². The minimum Gasteiger partial charge on any atom is -0.462 e. The molecule has 0 spiro atoms. The minimum absolute atomic E-state index is 0.305. The van der Waals surface area contributed by atoms with Crippen LogP contribution in [0.4, 0.5) is 17.1 Å². The molecule has 0 saturated carbocycles. The average Bonchev–Trinajstić information content (AvgIpc) is 2.45. The molecule has 0 aromatic heterocycles. The lowest BCUT2D eigenvalue weighted by Gasteiger charge is -2.14. The SMILES string of the molecule is CCOC(=O)c1cccc(N)c1Nc1ccc(Cl)c(Br)c1. The molecule has 0 fully saturated rings. The van der Waals surface area contributed by atoms with Crippen LogP contribution in [0.3, 0.4) is 0 Å². The Hall–Kier alpha value is -1.72. The van der Waals surface area contributed by atoms with E-state index in [0.29, 0.717) is 28.6 Å². The lowest BCUT2D eigenvalue weighted by Crippen LogP contribution is -2.09. The van der Waals surface area contributed by atoms with E-state index in [-0.39, 0.29) is 0 Å². The number of halogens is 2. The minimum atomic E-state index is -0.416. The molecule has 0 aliphatic heterocycles. The molecule has 2 aromatic rings. The molecule has 2 rings (SSSR count). The third-order valence-corrected chi connectivity index (χ3v) is 3.99. The second-order valence-corrected chi connectivity index (χ2v) is 5.51. The predicted molar refractivity (Wildman–Crippen MR) is 89.2 cm³/mol. The molecule has 0 atom stereocenters. The molecule has 0 unspecified atom stereocenters. The van der Waals surface area contributed by atoms with Crippen molar-refractivity contribution < 1.29 is 9.53 Å². The first-order chi connectivity index (χ1) is 10.0. The molecule has 0 aliphatic rings. The number of carbonyl (C=O) groups excluding carboxylic acids is 1. The molecule has 0 aliphatic carbocycles. The Kier molecular flexibility index (Phi) is 5.09. The third kappa shape index (κ3) is 3.68. The topological polar surface area (TPSA) is 64.3 Å². The Morgan fingerprint density at radius 3 is 2.81 bits per heavy atom. The van der Waals surface area contributed by atoms with Gasteiger partial charge in [0.15, 0.2) is 0 Å². The maximum Gasteiger partial charge on any atom is 0.340 e. The normalized spacial score (nSPS) is 10.2. The van der Waals surface area contributed by atoms with Gasteiger partial charge in [-0.3, -0.25) is 0 Å². The largest absolute Gasteiger partial charge is 0.462 e. The highest BCUT2D eigenvalue weighted by Crippen LogP contribution is 2.31. The zero-order chi connectivity index (χ0) is 15.4. The van der Waals surface area contributed by atoms with Gasteiger partial charge >= 0.3 is 5.97 Å². The van der Waals surface area contributed by atoms with E-state index in [0.717, 1.165) is 10.2 Å². The first kappa shape index (κ1) is 15.7. The molecule has 6 heteroatoms. The fourth-order valence-corrected chi connectivity index (χ4v) is 2.30. The van der Waals surface area contributed by atoms with Crippen molar-refractivity contribution in [1.29, 1.82) is 0 Å². The fourth-order valence-electron chi connectivity index (χ4n) is 1.81. The van der Waals surface area contributed by atoms with Gasteiger partial charge in [0, 0.05) is 10.2 Å². The van der Waals surface area contributed by atoms with Crippen LogP contribution in [0.5, 0.6) is 0 Å². The quantitative estimate of drug-likeness (QED) is 0.610. The summed E-state index contributed by atoms with van der Waals surface area (Å²) < 4.78 is 5.79. The maximum absolute atomic E-state index is 12.0.